The van der Waals surface area contributed by atoms with Crippen LogP contribution < -0.4 is 5.73 Å². The van der Waals surface area contributed by atoms with Crippen LogP contribution in [0.4, 0.5) is 0 Å². The molecule has 2 atom stereocenters. The van der Waals surface area contributed by atoms with Crippen LogP contribution in [-0.2, 0) is 5.75 Å². The summed E-state index contributed by atoms with van der Waals surface area (Å²) in [5.74, 6) is 0.965. The first-order valence-corrected chi connectivity index (χ1v) is 8.71. The predicted octanol–water partition coefficient (Wildman–Crippen LogP) is 5.36. The molecule has 0 aliphatic rings. The molecule has 0 aliphatic heterocycles. The number of thioether (sulfide) groups is 1. The topological polar surface area (TPSA) is 26.0 Å². The fraction of sp³-hybridized carbons (Fsp3) is 0.333. The van der Waals surface area contributed by atoms with E-state index < -0.39 is 0 Å². The van der Waals surface area contributed by atoms with Crippen molar-refractivity contribution in [1.82, 2.24) is 0 Å². The third-order valence-electron chi connectivity index (χ3n) is 3.55. The summed E-state index contributed by atoms with van der Waals surface area (Å²) < 4.78 is 0. The van der Waals surface area contributed by atoms with Gasteiger partial charge in [0.15, 0.2) is 0 Å². The smallest absolute Gasteiger partial charge is 0.0452 e. The molecular formula is C18H22ClNS. The summed E-state index contributed by atoms with van der Waals surface area (Å²) in [6.45, 7) is 4.26. The molecule has 2 unspecified atom stereocenters. The summed E-state index contributed by atoms with van der Waals surface area (Å²) in [7, 11) is 0. The van der Waals surface area contributed by atoms with E-state index in [9.17, 15) is 0 Å². The summed E-state index contributed by atoms with van der Waals surface area (Å²) in [5.41, 5.74) is 10.2. The highest BCUT2D eigenvalue weighted by Gasteiger charge is 2.19. The van der Waals surface area contributed by atoms with Gasteiger partial charge in [-0.15, -0.1) is 11.8 Å². The lowest BCUT2D eigenvalue weighted by Gasteiger charge is -2.23. The second-order valence-corrected chi connectivity index (χ2v) is 6.91. The lowest BCUT2D eigenvalue weighted by Crippen LogP contribution is -2.25. The molecule has 3 heteroatoms. The number of rotatable bonds is 6. The van der Waals surface area contributed by atoms with Crippen molar-refractivity contribution in [2.45, 2.75) is 37.3 Å². The monoisotopic (exact) mass is 319 g/mol. The van der Waals surface area contributed by atoms with Gasteiger partial charge in [0.25, 0.3) is 0 Å². The first-order valence-electron chi connectivity index (χ1n) is 7.28. The molecule has 21 heavy (non-hydrogen) atoms. The normalized spacial score (nSPS) is 13.9. The van der Waals surface area contributed by atoms with E-state index >= 15 is 0 Å². The molecule has 1 nitrogen and oxygen atoms in total. The molecule has 0 aromatic heterocycles. The van der Waals surface area contributed by atoms with Crippen molar-refractivity contribution < 1.29 is 0 Å². The van der Waals surface area contributed by atoms with E-state index in [-0.39, 0.29) is 11.3 Å². The number of benzene rings is 2. The lowest BCUT2D eigenvalue weighted by molar-refractivity contribution is 0.634. The van der Waals surface area contributed by atoms with Crippen LogP contribution in [0, 0.1) is 6.92 Å². The molecule has 2 aromatic rings. The summed E-state index contributed by atoms with van der Waals surface area (Å²) in [6.07, 6.45) is 0.956. The van der Waals surface area contributed by atoms with E-state index in [0.29, 0.717) is 0 Å². The van der Waals surface area contributed by atoms with Crippen LogP contribution in [0.1, 0.15) is 35.3 Å². The van der Waals surface area contributed by atoms with Crippen molar-refractivity contribution in [3.05, 3.63) is 70.2 Å². The highest BCUT2D eigenvalue weighted by atomic mass is 35.5. The maximum atomic E-state index is 6.33. The number of hydrogen-bond donors (Lipinski definition) is 1. The van der Waals surface area contributed by atoms with Gasteiger partial charge in [0, 0.05) is 22.1 Å². The Labute approximate surface area is 136 Å². The Morgan fingerprint density at radius 2 is 1.90 bits per heavy atom. The van der Waals surface area contributed by atoms with E-state index in [2.05, 4.69) is 44.2 Å². The molecular weight excluding hydrogens is 298 g/mol. The molecule has 0 radical (unpaired) electrons. The van der Waals surface area contributed by atoms with Crippen LogP contribution in [0.2, 0.25) is 5.02 Å². The number of nitrogens with two attached hydrogens (primary N) is 1. The third kappa shape index (κ3) is 4.77. The van der Waals surface area contributed by atoms with E-state index in [1.54, 1.807) is 0 Å². The zero-order chi connectivity index (χ0) is 15.2. The van der Waals surface area contributed by atoms with Gasteiger partial charge in [0.2, 0.25) is 0 Å². The summed E-state index contributed by atoms with van der Waals surface area (Å²) >= 11 is 8.02. The van der Waals surface area contributed by atoms with Gasteiger partial charge >= 0.3 is 0 Å². The standard InChI is InChI=1S/C18H22ClNS/c1-3-17(20)18(15-8-5-9-16(19)11-15)21-12-14-7-4-6-13(2)10-14/h4-11,17-18H,3,12,20H2,1-2H3. The van der Waals surface area contributed by atoms with Crippen LogP contribution in [0.5, 0.6) is 0 Å². The number of aryl methyl sites for hydroxylation is 1. The molecule has 0 amide bonds. The first kappa shape index (κ1) is 16.4. The van der Waals surface area contributed by atoms with Crippen molar-refractivity contribution in [3.8, 4) is 0 Å². The number of hydrogen-bond acceptors (Lipinski definition) is 2. The largest absolute Gasteiger partial charge is 0.326 e. The molecule has 0 spiro atoms. The highest BCUT2D eigenvalue weighted by Crippen LogP contribution is 2.35. The van der Waals surface area contributed by atoms with Gasteiger partial charge in [-0.3, -0.25) is 0 Å². The van der Waals surface area contributed by atoms with Crippen LogP contribution in [0.3, 0.4) is 0 Å². The van der Waals surface area contributed by atoms with Crippen LogP contribution >= 0.6 is 23.4 Å². The lowest BCUT2D eigenvalue weighted by atomic mass is 10.0. The Morgan fingerprint density at radius 3 is 2.57 bits per heavy atom. The van der Waals surface area contributed by atoms with Gasteiger partial charge in [-0.2, -0.15) is 0 Å². The van der Waals surface area contributed by atoms with E-state index in [0.717, 1.165) is 17.2 Å². The van der Waals surface area contributed by atoms with Gasteiger partial charge in [0.05, 0.1) is 0 Å². The molecule has 2 rings (SSSR count). The molecule has 0 heterocycles. The third-order valence-corrected chi connectivity index (χ3v) is 5.27. The predicted molar refractivity (Wildman–Crippen MR) is 94.9 cm³/mol. The zero-order valence-corrected chi connectivity index (χ0v) is 14.1. The summed E-state index contributed by atoms with van der Waals surface area (Å²) in [4.78, 5) is 0. The Hall–Kier alpha value is -0.960. The first-order chi connectivity index (χ1) is 10.1. The minimum absolute atomic E-state index is 0.137. The second kappa shape index (κ2) is 7.88. The minimum Gasteiger partial charge on any atom is -0.326 e. The molecule has 2 N–H and O–H groups in total. The SMILES string of the molecule is CCC(N)C(SCc1cccc(C)c1)c1cccc(Cl)c1. The molecule has 0 fully saturated rings. The Morgan fingerprint density at radius 1 is 1.14 bits per heavy atom. The maximum Gasteiger partial charge on any atom is 0.0452 e. The van der Waals surface area contributed by atoms with Crippen molar-refractivity contribution in [1.29, 1.82) is 0 Å². The Bertz CT molecular complexity index is 585. The van der Waals surface area contributed by atoms with E-state index in [4.69, 9.17) is 17.3 Å². The average molecular weight is 320 g/mol. The molecule has 112 valence electrons. The quantitative estimate of drug-likeness (QED) is 0.775. The van der Waals surface area contributed by atoms with Crippen molar-refractivity contribution in [2.24, 2.45) is 5.73 Å². The van der Waals surface area contributed by atoms with Gasteiger partial charge < -0.3 is 5.73 Å². The van der Waals surface area contributed by atoms with Gasteiger partial charge in [-0.25, -0.2) is 0 Å². The average Bonchev–Trinajstić information content (AvgIpc) is 2.47. The second-order valence-electron chi connectivity index (χ2n) is 5.35. The van der Waals surface area contributed by atoms with Gasteiger partial charge in [0.1, 0.15) is 0 Å². The fourth-order valence-corrected chi connectivity index (χ4v) is 3.88. The van der Waals surface area contributed by atoms with Crippen molar-refractivity contribution >= 4 is 23.4 Å². The Kier molecular flexibility index (Phi) is 6.16. The van der Waals surface area contributed by atoms with Crippen LogP contribution in [0.15, 0.2) is 48.5 Å². The van der Waals surface area contributed by atoms with Crippen LogP contribution in [0.25, 0.3) is 0 Å². The van der Waals surface area contributed by atoms with Crippen molar-refractivity contribution in [3.63, 3.8) is 0 Å². The highest BCUT2D eigenvalue weighted by molar-refractivity contribution is 7.98. The number of halogens is 1. The zero-order valence-electron chi connectivity index (χ0n) is 12.6. The summed E-state index contributed by atoms with van der Waals surface area (Å²) in [5, 5.41) is 1.05. The summed E-state index contributed by atoms with van der Waals surface area (Å²) in [6, 6.07) is 16.8. The Balaban J connectivity index is 2.14. The molecule has 0 bridgehead atoms. The van der Waals surface area contributed by atoms with E-state index in [1.165, 1.54) is 16.7 Å². The van der Waals surface area contributed by atoms with Crippen molar-refractivity contribution in [2.75, 3.05) is 0 Å². The fourth-order valence-electron chi connectivity index (χ4n) is 2.35. The van der Waals surface area contributed by atoms with Crippen LogP contribution in [-0.4, -0.2) is 6.04 Å². The molecule has 2 aromatic carbocycles. The molecule has 0 saturated heterocycles. The van der Waals surface area contributed by atoms with Gasteiger partial charge in [-0.05, 0) is 36.6 Å². The molecule has 0 aliphatic carbocycles. The molecule has 0 saturated carbocycles. The van der Waals surface area contributed by atoms with Gasteiger partial charge in [-0.1, -0.05) is 60.5 Å². The van der Waals surface area contributed by atoms with E-state index in [1.807, 2.05) is 30.0 Å². The maximum absolute atomic E-state index is 6.33. The minimum atomic E-state index is 0.137.